The van der Waals surface area contributed by atoms with Crippen molar-refractivity contribution >= 4 is 17.5 Å². The van der Waals surface area contributed by atoms with Crippen LogP contribution in [0.15, 0.2) is 53.5 Å². The Morgan fingerprint density at radius 1 is 1.22 bits per heavy atom. The van der Waals surface area contributed by atoms with Crippen molar-refractivity contribution in [3.8, 4) is 0 Å². The topological polar surface area (TPSA) is 42.3 Å². The van der Waals surface area contributed by atoms with Crippen molar-refractivity contribution in [1.29, 1.82) is 0 Å². The van der Waals surface area contributed by atoms with Crippen LogP contribution in [0.5, 0.6) is 0 Å². The summed E-state index contributed by atoms with van der Waals surface area (Å²) in [6.07, 6.45) is 2.78. The van der Waals surface area contributed by atoms with E-state index < -0.39 is 0 Å². The zero-order valence-corrected chi connectivity index (χ0v) is 14.2. The monoisotopic (exact) mass is 332 g/mol. The maximum Gasteiger partial charge on any atom is 0.250 e. The van der Waals surface area contributed by atoms with Gasteiger partial charge in [-0.2, -0.15) is 0 Å². The van der Waals surface area contributed by atoms with Crippen LogP contribution >= 0.6 is 11.6 Å². The number of benzene rings is 1. The van der Waals surface area contributed by atoms with Gasteiger partial charge in [0.15, 0.2) is 0 Å². The van der Waals surface area contributed by atoms with E-state index in [2.05, 4.69) is 0 Å². The normalized spacial score (nSPS) is 12.0. The van der Waals surface area contributed by atoms with Crippen LogP contribution in [0, 0.1) is 0 Å². The molecule has 0 unspecified atom stereocenters. The van der Waals surface area contributed by atoms with Gasteiger partial charge in [-0.25, -0.2) is 0 Å². The van der Waals surface area contributed by atoms with Gasteiger partial charge in [-0.15, -0.1) is 0 Å². The Morgan fingerprint density at radius 2 is 1.91 bits per heavy atom. The number of halogens is 1. The average molecular weight is 333 g/mol. The van der Waals surface area contributed by atoms with Gasteiger partial charge in [-0.1, -0.05) is 29.8 Å². The number of carbonyl (C=O) groups is 1. The Balaban J connectivity index is 1.89. The first-order valence-corrected chi connectivity index (χ1v) is 8.00. The van der Waals surface area contributed by atoms with E-state index >= 15 is 0 Å². The number of amides is 1. The van der Waals surface area contributed by atoms with Crippen molar-refractivity contribution in [2.75, 3.05) is 7.05 Å². The first kappa shape index (κ1) is 17.3. The predicted molar refractivity (Wildman–Crippen MR) is 92.7 cm³/mol. The maximum absolute atomic E-state index is 12.3. The van der Waals surface area contributed by atoms with Gasteiger partial charge >= 0.3 is 0 Å². The Bertz CT molecular complexity index is 709. The molecule has 0 aliphatic carbocycles. The Morgan fingerprint density at radius 3 is 2.57 bits per heavy atom. The molecular formula is C18H21ClN2O2. The molecule has 0 aliphatic rings. The van der Waals surface area contributed by atoms with Gasteiger partial charge < -0.3 is 9.47 Å². The van der Waals surface area contributed by atoms with Gasteiger partial charge in [0.2, 0.25) is 5.91 Å². The highest BCUT2D eigenvalue weighted by atomic mass is 35.5. The van der Waals surface area contributed by atoms with Crippen LogP contribution in [0.2, 0.25) is 5.02 Å². The van der Waals surface area contributed by atoms with Crippen molar-refractivity contribution in [2.45, 2.75) is 32.4 Å². The summed E-state index contributed by atoms with van der Waals surface area (Å²) in [7, 11) is 1.80. The number of pyridine rings is 1. The van der Waals surface area contributed by atoms with Crippen molar-refractivity contribution in [1.82, 2.24) is 9.47 Å². The molecule has 1 heterocycles. The zero-order chi connectivity index (χ0) is 16.8. The summed E-state index contributed by atoms with van der Waals surface area (Å²) in [5.74, 6) is 0.0298. The lowest BCUT2D eigenvalue weighted by molar-refractivity contribution is -0.131. The van der Waals surface area contributed by atoms with E-state index in [0.29, 0.717) is 18.0 Å². The molecule has 0 radical (unpaired) electrons. The van der Waals surface area contributed by atoms with Gasteiger partial charge in [0.25, 0.3) is 5.56 Å². The molecule has 5 heteroatoms. The van der Waals surface area contributed by atoms with Crippen LogP contribution in [0.3, 0.4) is 0 Å². The lowest BCUT2D eigenvalue weighted by atomic mass is 10.1. The van der Waals surface area contributed by atoms with Gasteiger partial charge in [0.05, 0.1) is 0 Å². The van der Waals surface area contributed by atoms with Crippen molar-refractivity contribution in [2.24, 2.45) is 0 Å². The van der Waals surface area contributed by atoms with Crippen LogP contribution < -0.4 is 5.56 Å². The molecule has 2 aromatic rings. The summed E-state index contributed by atoms with van der Waals surface area (Å²) in [4.78, 5) is 25.7. The van der Waals surface area contributed by atoms with E-state index in [1.54, 1.807) is 34.8 Å². The number of rotatable bonds is 6. The summed E-state index contributed by atoms with van der Waals surface area (Å²) < 4.78 is 1.55. The van der Waals surface area contributed by atoms with Crippen LogP contribution in [-0.2, 0) is 17.8 Å². The van der Waals surface area contributed by atoms with E-state index in [1.165, 1.54) is 6.07 Å². The number of carbonyl (C=O) groups excluding carboxylic acids is 1. The second-order valence-electron chi connectivity index (χ2n) is 5.67. The fourth-order valence-electron chi connectivity index (χ4n) is 2.38. The first-order chi connectivity index (χ1) is 11.0. The fraction of sp³-hybridized carbons (Fsp3) is 0.333. The lowest BCUT2D eigenvalue weighted by Crippen LogP contribution is -2.37. The first-order valence-electron chi connectivity index (χ1n) is 7.63. The van der Waals surface area contributed by atoms with Crippen molar-refractivity contribution in [3.05, 3.63) is 69.6 Å². The molecule has 1 atom stereocenters. The molecule has 0 aliphatic heterocycles. The molecule has 0 saturated heterocycles. The quantitative estimate of drug-likeness (QED) is 0.816. The SMILES string of the molecule is C[C@@H](Cc1ccc(Cl)cc1)N(C)C(=O)CCn1ccccc1=O. The molecule has 1 aromatic heterocycles. The van der Waals surface area contributed by atoms with E-state index in [0.717, 1.165) is 12.0 Å². The van der Waals surface area contributed by atoms with Crippen LogP contribution in [0.4, 0.5) is 0 Å². The Labute approximate surface area is 141 Å². The number of aromatic nitrogens is 1. The Kier molecular flexibility index (Phi) is 5.99. The molecule has 2 rings (SSSR count). The highest BCUT2D eigenvalue weighted by molar-refractivity contribution is 6.30. The Hall–Kier alpha value is -2.07. The zero-order valence-electron chi connectivity index (χ0n) is 13.4. The molecule has 1 aromatic carbocycles. The second-order valence-corrected chi connectivity index (χ2v) is 6.10. The minimum Gasteiger partial charge on any atom is -0.343 e. The highest BCUT2D eigenvalue weighted by Gasteiger charge is 2.16. The minimum atomic E-state index is -0.0860. The van der Waals surface area contributed by atoms with E-state index in [9.17, 15) is 9.59 Å². The molecule has 0 N–H and O–H groups in total. The highest BCUT2D eigenvalue weighted by Crippen LogP contribution is 2.13. The standard InChI is InChI=1S/C18H21ClN2O2/c1-14(13-15-6-8-16(19)9-7-15)20(2)17(22)10-12-21-11-4-3-5-18(21)23/h3-9,11,14H,10,12-13H2,1-2H3/t14-/m0/s1. The number of hydrogen-bond donors (Lipinski definition) is 0. The molecule has 0 fully saturated rings. The van der Waals surface area contributed by atoms with Crippen molar-refractivity contribution in [3.63, 3.8) is 0 Å². The molecule has 0 spiro atoms. The van der Waals surface area contributed by atoms with Crippen molar-refractivity contribution < 1.29 is 4.79 Å². The van der Waals surface area contributed by atoms with E-state index in [1.807, 2.05) is 31.2 Å². The third-order valence-corrected chi connectivity index (χ3v) is 4.22. The smallest absolute Gasteiger partial charge is 0.250 e. The third-order valence-electron chi connectivity index (χ3n) is 3.96. The molecule has 0 bridgehead atoms. The third kappa shape index (κ3) is 4.96. The molecular weight excluding hydrogens is 312 g/mol. The summed E-state index contributed by atoms with van der Waals surface area (Å²) in [5, 5.41) is 0.708. The van der Waals surface area contributed by atoms with Crippen LogP contribution in [0.1, 0.15) is 18.9 Å². The maximum atomic E-state index is 12.3. The second kappa shape index (κ2) is 7.97. The summed E-state index contributed by atoms with van der Waals surface area (Å²) >= 11 is 5.88. The van der Waals surface area contributed by atoms with Crippen LogP contribution in [-0.4, -0.2) is 28.5 Å². The van der Waals surface area contributed by atoms with Crippen LogP contribution in [0.25, 0.3) is 0 Å². The van der Waals surface area contributed by atoms with Gasteiger partial charge in [0.1, 0.15) is 0 Å². The van der Waals surface area contributed by atoms with E-state index in [-0.39, 0.29) is 17.5 Å². The predicted octanol–water partition coefficient (Wildman–Crippen LogP) is 2.98. The average Bonchev–Trinajstić information content (AvgIpc) is 2.55. The summed E-state index contributed by atoms with van der Waals surface area (Å²) in [5.41, 5.74) is 1.05. The van der Waals surface area contributed by atoms with E-state index in [4.69, 9.17) is 11.6 Å². The number of aryl methyl sites for hydroxylation is 1. The molecule has 122 valence electrons. The fourth-order valence-corrected chi connectivity index (χ4v) is 2.51. The largest absolute Gasteiger partial charge is 0.343 e. The van der Waals surface area contributed by atoms with Gasteiger partial charge in [0, 0.05) is 43.3 Å². The van der Waals surface area contributed by atoms with Gasteiger partial charge in [-0.3, -0.25) is 9.59 Å². The summed E-state index contributed by atoms with van der Waals surface area (Å²) in [6, 6.07) is 12.7. The summed E-state index contributed by atoms with van der Waals surface area (Å²) in [6.45, 7) is 2.41. The minimum absolute atomic E-state index is 0.0298. The molecule has 0 saturated carbocycles. The molecule has 4 nitrogen and oxygen atoms in total. The molecule has 1 amide bonds. The number of nitrogens with zero attached hydrogens (tertiary/aromatic N) is 2. The van der Waals surface area contributed by atoms with Gasteiger partial charge in [-0.05, 0) is 37.1 Å². The molecule has 23 heavy (non-hydrogen) atoms. The number of likely N-dealkylation sites (N-methyl/N-ethyl adjacent to an activating group) is 1. The number of hydrogen-bond acceptors (Lipinski definition) is 2. The lowest BCUT2D eigenvalue weighted by Gasteiger charge is -2.25.